The van der Waals surface area contributed by atoms with Crippen LogP contribution in [-0.4, -0.2) is 27.8 Å². The summed E-state index contributed by atoms with van der Waals surface area (Å²) in [4.78, 5) is 12.6. The highest BCUT2D eigenvalue weighted by molar-refractivity contribution is 6.05. The number of aliphatic hydroxyl groups excluding tert-OH is 1. The molecule has 3 aromatic rings. The van der Waals surface area contributed by atoms with Crippen molar-refractivity contribution in [3.63, 3.8) is 0 Å². The molecular formula is C17H17N3O2. The second-order valence-electron chi connectivity index (χ2n) is 5.09. The van der Waals surface area contributed by atoms with Crippen LogP contribution in [0.2, 0.25) is 0 Å². The number of carbonyl (C=O) groups is 1. The maximum Gasteiger partial charge on any atom is 0.253 e. The van der Waals surface area contributed by atoms with Crippen molar-refractivity contribution >= 4 is 16.8 Å². The van der Waals surface area contributed by atoms with Gasteiger partial charge in [0.15, 0.2) is 0 Å². The second kappa shape index (κ2) is 6.41. The summed E-state index contributed by atoms with van der Waals surface area (Å²) in [6.45, 7) is 0.00803. The molecule has 0 aliphatic heterocycles. The van der Waals surface area contributed by atoms with Crippen molar-refractivity contribution in [2.24, 2.45) is 0 Å². The molecule has 3 N–H and O–H groups in total. The summed E-state index contributed by atoms with van der Waals surface area (Å²) >= 11 is 0. The Labute approximate surface area is 128 Å². The van der Waals surface area contributed by atoms with Crippen LogP contribution in [0.15, 0.2) is 54.7 Å². The molecule has 5 heteroatoms. The van der Waals surface area contributed by atoms with Crippen LogP contribution in [0.25, 0.3) is 10.9 Å². The molecule has 1 unspecified atom stereocenters. The number of fused-ring (bicyclic) bond motifs is 1. The summed E-state index contributed by atoms with van der Waals surface area (Å²) in [7, 11) is 0. The Morgan fingerprint density at radius 1 is 1.18 bits per heavy atom. The van der Waals surface area contributed by atoms with E-state index in [4.69, 9.17) is 0 Å². The van der Waals surface area contributed by atoms with Crippen LogP contribution in [0.4, 0.5) is 0 Å². The van der Waals surface area contributed by atoms with Crippen LogP contribution >= 0.6 is 0 Å². The number of nitrogens with zero attached hydrogens (tertiary/aromatic N) is 1. The molecule has 1 heterocycles. The number of hydrogen-bond acceptors (Lipinski definition) is 3. The molecule has 22 heavy (non-hydrogen) atoms. The van der Waals surface area contributed by atoms with Gasteiger partial charge in [-0.2, -0.15) is 5.10 Å². The Hall–Kier alpha value is -2.66. The van der Waals surface area contributed by atoms with Gasteiger partial charge >= 0.3 is 0 Å². The van der Waals surface area contributed by atoms with Crippen LogP contribution < -0.4 is 5.32 Å². The van der Waals surface area contributed by atoms with E-state index in [2.05, 4.69) is 15.5 Å². The van der Waals surface area contributed by atoms with Gasteiger partial charge in [-0.05, 0) is 18.1 Å². The van der Waals surface area contributed by atoms with Crippen molar-refractivity contribution in [1.82, 2.24) is 15.5 Å². The van der Waals surface area contributed by atoms with Crippen molar-refractivity contribution in [1.29, 1.82) is 0 Å². The SMILES string of the molecule is O=C(NC(CCO)c1ccccc1)c1cccc2cn[nH]c12. The molecule has 3 rings (SSSR count). The summed E-state index contributed by atoms with van der Waals surface area (Å²) in [6, 6.07) is 14.9. The van der Waals surface area contributed by atoms with Crippen LogP contribution in [0.5, 0.6) is 0 Å². The van der Waals surface area contributed by atoms with E-state index in [0.29, 0.717) is 12.0 Å². The van der Waals surface area contributed by atoms with Gasteiger partial charge < -0.3 is 10.4 Å². The number of aromatic nitrogens is 2. The van der Waals surface area contributed by atoms with Gasteiger partial charge in [-0.25, -0.2) is 0 Å². The normalized spacial score (nSPS) is 12.2. The van der Waals surface area contributed by atoms with E-state index >= 15 is 0 Å². The highest BCUT2D eigenvalue weighted by Crippen LogP contribution is 2.19. The first-order chi connectivity index (χ1) is 10.8. The van der Waals surface area contributed by atoms with Gasteiger partial charge in [0.2, 0.25) is 0 Å². The molecular weight excluding hydrogens is 278 g/mol. The van der Waals surface area contributed by atoms with E-state index in [1.165, 1.54) is 0 Å². The molecule has 0 bridgehead atoms. The van der Waals surface area contributed by atoms with Crippen molar-refractivity contribution in [2.75, 3.05) is 6.61 Å². The molecule has 0 fully saturated rings. The zero-order valence-electron chi connectivity index (χ0n) is 12.0. The van der Waals surface area contributed by atoms with Crippen molar-refractivity contribution in [3.8, 4) is 0 Å². The summed E-state index contributed by atoms with van der Waals surface area (Å²) in [5.41, 5.74) is 2.24. The van der Waals surface area contributed by atoms with Crippen molar-refractivity contribution in [2.45, 2.75) is 12.5 Å². The van der Waals surface area contributed by atoms with E-state index in [1.54, 1.807) is 12.3 Å². The Morgan fingerprint density at radius 3 is 2.77 bits per heavy atom. The number of aliphatic hydroxyl groups is 1. The lowest BCUT2D eigenvalue weighted by Gasteiger charge is -2.18. The minimum Gasteiger partial charge on any atom is -0.396 e. The van der Waals surface area contributed by atoms with Gasteiger partial charge in [0.05, 0.1) is 23.3 Å². The number of rotatable bonds is 5. The van der Waals surface area contributed by atoms with Gasteiger partial charge in [0.1, 0.15) is 0 Å². The smallest absolute Gasteiger partial charge is 0.253 e. The predicted octanol–water partition coefficient (Wildman–Crippen LogP) is 2.42. The summed E-state index contributed by atoms with van der Waals surface area (Å²) in [5, 5.41) is 20.0. The van der Waals surface area contributed by atoms with Crippen molar-refractivity contribution in [3.05, 3.63) is 65.9 Å². The lowest BCUT2D eigenvalue weighted by Crippen LogP contribution is -2.29. The quantitative estimate of drug-likeness (QED) is 0.676. The third-order valence-electron chi connectivity index (χ3n) is 3.65. The molecule has 1 amide bonds. The third-order valence-corrected chi connectivity index (χ3v) is 3.65. The Morgan fingerprint density at radius 2 is 2.00 bits per heavy atom. The Bertz CT molecular complexity index is 768. The molecule has 0 aliphatic rings. The average molecular weight is 295 g/mol. The summed E-state index contributed by atoms with van der Waals surface area (Å²) in [5.74, 6) is -0.183. The molecule has 112 valence electrons. The number of carbonyl (C=O) groups excluding carboxylic acids is 1. The highest BCUT2D eigenvalue weighted by Gasteiger charge is 2.17. The van der Waals surface area contributed by atoms with Gasteiger partial charge in [0.25, 0.3) is 5.91 Å². The molecule has 0 saturated carbocycles. The largest absolute Gasteiger partial charge is 0.396 e. The minimum absolute atomic E-state index is 0.00803. The first kappa shape index (κ1) is 14.3. The average Bonchev–Trinajstić information content (AvgIpc) is 3.03. The number of amides is 1. The molecule has 1 aromatic heterocycles. The number of benzene rings is 2. The number of para-hydroxylation sites is 1. The lowest BCUT2D eigenvalue weighted by atomic mass is 10.0. The van der Waals surface area contributed by atoms with Gasteiger partial charge in [-0.15, -0.1) is 0 Å². The van der Waals surface area contributed by atoms with E-state index in [0.717, 1.165) is 16.5 Å². The molecule has 0 radical (unpaired) electrons. The second-order valence-corrected chi connectivity index (χ2v) is 5.09. The van der Waals surface area contributed by atoms with Crippen LogP contribution in [0.1, 0.15) is 28.4 Å². The van der Waals surface area contributed by atoms with Gasteiger partial charge in [-0.3, -0.25) is 9.89 Å². The fourth-order valence-electron chi connectivity index (χ4n) is 2.53. The minimum atomic E-state index is -0.225. The zero-order valence-corrected chi connectivity index (χ0v) is 12.0. The van der Waals surface area contributed by atoms with Gasteiger partial charge in [-0.1, -0.05) is 42.5 Å². The third kappa shape index (κ3) is 2.84. The van der Waals surface area contributed by atoms with Crippen molar-refractivity contribution < 1.29 is 9.90 Å². The fourth-order valence-corrected chi connectivity index (χ4v) is 2.53. The number of H-pyrrole nitrogens is 1. The molecule has 2 aromatic carbocycles. The van der Waals surface area contributed by atoms with Crippen LogP contribution in [0.3, 0.4) is 0 Å². The Kier molecular flexibility index (Phi) is 4.16. The first-order valence-electron chi connectivity index (χ1n) is 7.18. The zero-order chi connectivity index (χ0) is 15.4. The first-order valence-corrected chi connectivity index (χ1v) is 7.18. The molecule has 0 aliphatic carbocycles. The molecule has 5 nitrogen and oxygen atoms in total. The molecule has 0 spiro atoms. The van der Waals surface area contributed by atoms with Gasteiger partial charge in [0, 0.05) is 12.0 Å². The van der Waals surface area contributed by atoms with Crippen LogP contribution in [0, 0.1) is 0 Å². The number of aromatic amines is 1. The van der Waals surface area contributed by atoms with E-state index in [1.807, 2.05) is 42.5 Å². The highest BCUT2D eigenvalue weighted by atomic mass is 16.3. The summed E-state index contributed by atoms with van der Waals surface area (Å²) in [6.07, 6.45) is 2.16. The molecule has 0 saturated heterocycles. The standard InChI is InChI=1S/C17H17N3O2/c21-10-9-15(12-5-2-1-3-6-12)19-17(22)14-8-4-7-13-11-18-20-16(13)14/h1-8,11,15,21H,9-10H2,(H,18,20)(H,19,22). The number of hydrogen-bond donors (Lipinski definition) is 3. The molecule has 1 atom stereocenters. The predicted molar refractivity (Wildman–Crippen MR) is 84.4 cm³/mol. The maximum atomic E-state index is 12.6. The fraction of sp³-hybridized carbons (Fsp3) is 0.176. The van der Waals surface area contributed by atoms with E-state index < -0.39 is 0 Å². The summed E-state index contributed by atoms with van der Waals surface area (Å²) < 4.78 is 0. The Balaban J connectivity index is 1.86. The topological polar surface area (TPSA) is 78.0 Å². The van der Waals surface area contributed by atoms with E-state index in [-0.39, 0.29) is 18.6 Å². The number of nitrogens with one attached hydrogen (secondary N) is 2. The lowest BCUT2D eigenvalue weighted by molar-refractivity contribution is 0.0931. The monoisotopic (exact) mass is 295 g/mol. The van der Waals surface area contributed by atoms with E-state index in [9.17, 15) is 9.90 Å². The maximum absolute atomic E-state index is 12.6. The van der Waals surface area contributed by atoms with Crippen LogP contribution in [-0.2, 0) is 0 Å².